The molecular formula is C19H20F3N3O3. The van der Waals surface area contributed by atoms with Crippen LogP contribution in [0.3, 0.4) is 0 Å². The Kier molecular flexibility index (Phi) is 5.62. The van der Waals surface area contributed by atoms with Gasteiger partial charge in [-0.3, -0.25) is 4.79 Å². The summed E-state index contributed by atoms with van der Waals surface area (Å²) >= 11 is 0. The van der Waals surface area contributed by atoms with E-state index in [1.54, 1.807) is 28.0 Å². The van der Waals surface area contributed by atoms with Crippen LogP contribution in [0, 0.1) is 0 Å². The van der Waals surface area contributed by atoms with Gasteiger partial charge in [0.2, 0.25) is 0 Å². The zero-order chi connectivity index (χ0) is 20.3. The molecule has 0 radical (unpaired) electrons. The van der Waals surface area contributed by atoms with Crippen LogP contribution in [-0.2, 0) is 6.18 Å². The highest BCUT2D eigenvalue weighted by Crippen LogP contribution is 2.35. The maximum atomic E-state index is 13.2. The number of carbonyl (C=O) groups is 1. The van der Waals surface area contributed by atoms with Gasteiger partial charge in [-0.05, 0) is 24.3 Å². The Morgan fingerprint density at radius 1 is 1.04 bits per heavy atom. The Bertz CT molecular complexity index is 828. The number of hydrogen-bond donors (Lipinski definition) is 0. The molecule has 2 heterocycles. The van der Waals surface area contributed by atoms with Gasteiger partial charge in [-0.25, -0.2) is 4.98 Å². The third-order valence-corrected chi connectivity index (χ3v) is 4.56. The lowest BCUT2D eigenvalue weighted by Crippen LogP contribution is -2.49. The van der Waals surface area contributed by atoms with Crippen molar-refractivity contribution in [1.82, 2.24) is 9.88 Å². The average molecular weight is 395 g/mol. The van der Waals surface area contributed by atoms with Crippen LogP contribution in [0.15, 0.2) is 36.5 Å². The number of hydrogen-bond acceptors (Lipinski definition) is 5. The van der Waals surface area contributed by atoms with E-state index in [0.29, 0.717) is 17.1 Å². The summed E-state index contributed by atoms with van der Waals surface area (Å²) in [6.07, 6.45) is -3.14. The fraction of sp³-hybridized carbons (Fsp3) is 0.368. The second-order valence-electron chi connectivity index (χ2n) is 6.25. The fourth-order valence-electron chi connectivity index (χ4n) is 3.11. The highest BCUT2D eigenvalue weighted by Gasteiger charge is 2.36. The van der Waals surface area contributed by atoms with E-state index in [1.807, 2.05) is 0 Å². The van der Waals surface area contributed by atoms with Crippen LogP contribution in [0.4, 0.5) is 19.0 Å². The average Bonchev–Trinajstić information content (AvgIpc) is 2.72. The fourth-order valence-corrected chi connectivity index (χ4v) is 3.11. The second-order valence-corrected chi connectivity index (χ2v) is 6.25. The molecule has 9 heteroatoms. The van der Waals surface area contributed by atoms with Crippen LogP contribution in [0.25, 0.3) is 0 Å². The normalized spacial score (nSPS) is 14.8. The van der Waals surface area contributed by atoms with Gasteiger partial charge in [0.1, 0.15) is 17.3 Å². The van der Waals surface area contributed by atoms with Crippen molar-refractivity contribution < 1.29 is 27.4 Å². The predicted octanol–water partition coefficient (Wildman–Crippen LogP) is 3.08. The van der Waals surface area contributed by atoms with Crippen molar-refractivity contribution >= 4 is 11.7 Å². The highest BCUT2D eigenvalue weighted by molar-refractivity contribution is 5.95. The lowest BCUT2D eigenvalue weighted by atomic mass is 10.1. The summed E-state index contributed by atoms with van der Waals surface area (Å²) in [7, 11) is 2.99. The van der Waals surface area contributed by atoms with E-state index in [9.17, 15) is 18.0 Å². The number of pyridine rings is 1. The van der Waals surface area contributed by atoms with E-state index in [4.69, 9.17) is 9.47 Å². The number of anilines is 1. The molecule has 0 bridgehead atoms. The van der Waals surface area contributed by atoms with Crippen molar-refractivity contribution in [3.8, 4) is 11.5 Å². The Morgan fingerprint density at radius 3 is 2.18 bits per heavy atom. The summed E-state index contributed by atoms with van der Waals surface area (Å²) in [5.74, 6) is 0.647. The molecule has 1 aliphatic rings. The first kappa shape index (κ1) is 19.8. The zero-order valence-corrected chi connectivity index (χ0v) is 15.5. The summed E-state index contributed by atoms with van der Waals surface area (Å²) in [5, 5.41) is 0. The minimum absolute atomic E-state index is 0.106. The Morgan fingerprint density at radius 2 is 1.64 bits per heavy atom. The van der Waals surface area contributed by atoms with Crippen molar-refractivity contribution in [2.75, 3.05) is 45.3 Å². The molecule has 28 heavy (non-hydrogen) atoms. The second kappa shape index (κ2) is 7.95. The number of aromatic nitrogens is 1. The first-order valence-corrected chi connectivity index (χ1v) is 8.63. The van der Waals surface area contributed by atoms with E-state index in [0.717, 1.165) is 6.07 Å². The Labute approximate surface area is 160 Å². The molecule has 1 saturated heterocycles. The molecule has 0 atom stereocenters. The van der Waals surface area contributed by atoms with E-state index in [-0.39, 0.29) is 37.9 Å². The maximum Gasteiger partial charge on any atom is 0.419 e. The zero-order valence-electron chi connectivity index (χ0n) is 15.5. The van der Waals surface area contributed by atoms with Crippen LogP contribution >= 0.6 is 0 Å². The molecule has 0 N–H and O–H groups in total. The molecule has 0 spiro atoms. The van der Waals surface area contributed by atoms with E-state index >= 15 is 0 Å². The molecular weight excluding hydrogens is 375 g/mol. The lowest BCUT2D eigenvalue weighted by molar-refractivity contribution is -0.137. The van der Waals surface area contributed by atoms with E-state index in [1.165, 1.54) is 26.5 Å². The number of ether oxygens (including phenoxy) is 2. The molecule has 1 aromatic heterocycles. The van der Waals surface area contributed by atoms with Gasteiger partial charge in [-0.15, -0.1) is 0 Å². The van der Waals surface area contributed by atoms with Gasteiger partial charge in [0.25, 0.3) is 5.91 Å². The number of benzene rings is 1. The van der Waals surface area contributed by atoms with Gasteiger partial charge in [-0.1, -0.05) is 0 Å². The van der Waals surface area contributed by atoms with Crippen LogP contribution < -0.4 is 14.4 Å². The van der Waals surface area contributed by atoms with Crippen LogP contribution in [-0.4, -0.2) is 56.2 Å². The minimum atomic E-state index is -4.48. The summed E-state index contributed by atoms with van der Waals surface area (Å²) in [4.78, 5) is 19.9. The molecule has 1 amide bonds. The number of amides is 1. The number of carbonyl (C=O) groups excluding carboxylic acids is 1. The van der Waals surface area contributed by atoms with Crippen molar-refractivity contribution in [3.63, 3.8) is 0 Å². The highest BCUT2D eigenvalue weighted by atomic mass is 19.4. The maximum absolute atomic E-state index is 13.2. The molecule has 6 nitrogen and oxygen atoms in total. The number of methoxy groups -OCH3 is 2. The van der Waals surface area contributed by atoms with Gasteiger partial charge in [0.15, 0.2) is 0 Å². The lowest BCUT2D eigenvalue weighted by Gasteiger charge is -2.36. The van der Waals surface area contributed by atoms with Crippen molar-refractivity contribution in [2.24, 2.45) is 0 Å². The molecule has 150 valence electrons. The molecule has 1 aliphatic heterocycles. The van der Waals surface area contributed by atoms with Crippen molar-refractivity contribution in [3.05, 3.63) is 47.7 Å². The van der Waals surface area contributed by atoms with E-state index < -0.39 is 11.7 Å². The standard InChI is InChI=1S/C19H20F3N3O3/c1-27-14-10-13(11-15(12-14)28-2)18(26)25-8-6-24(7-9-25)17-16(19(20,21)22)4-3-5-23-17/h3-5,10-12H,6-9H2,1-2H3. The number of alkyl halides is 3. The summed E-state index contributed by atoms with van der Waals surface area (Å²) in [5.41, 5.74) is -0.370. The number of nitrogens with zero attached hydrogens (tertiary/aromatic N) is 3. The van der Waals surface area contributed by atoms with Gasteiger partial charge in [0, 0.05) is 44.0 Å². The number of rotatable bonds is 4. The molecule has 0 unspecified atom stereocenters. The van der Waals surface area contributed by atoms with Crippen LogP contribution in [0.1, 0.15) is 15.9 Å². The van der Waals surface area contributed by atoms with Crippen LogP contribution in [0.5, 0.6) is 11.5 Å². The smallest absolute Gasteiger partial charge is 0.419 e. The SMILES string of the molecule is COc1cc(OC)cc(C(=O)N2CCN(c3ncccc3C(F)(F)F)CC2)c1. The third kappa shape index (κ3) is 4.13. The molecule has 2 aromatic rings. The van der Waals surface area contributed by atoms with E-state index in [2.05, 4.69) is 4.98 Å². The van der Waals surface area contributed by atoms with Gasteiger partial charge in [-0.2, -0.15) is 13.2 Å². The Balaban J connectivity index is 1.74. The van der Waals surface area contributed by atoms with Gasteiger partial charge in [0.05, 0.1) is 19.8 Å². The largest absolute Gasteiger partial charge is 0.497 e. The van der Waals surface area contributed by atoms with Gasteiger partial charge >= 0.3 is 6.18 Å². The number of piperazine rings is 1. The monoisotopic (exact) mass is 395 g/mol. The Hall–Kier alpha value is -2.97. The quantitative estimate of drug-likeness (QED) is 0.797. The molecule has 1 fully saturated rings. The number of halogens is 3. The summed E-state index contributed by atoms with van der Waals surface area (Å²) in [6, 6.07) is 7.16. The minimum Gasteiger partial charge on any atom is -0.497 e. The molecule has 3 rings (SSSR count). The topological polar surface area (TPSA) is 54.9 Å². The molecule has 0 aliphatic carbocycles. The summed E-state index contributed by atoms with van der Waals surface area (Å²) < 4.78 is 50.0. The molecule has 1 aromatic carbocycles. The van der Waals surface area contributed by atoms with Crippen molar-refractivity contribution in [2.45, 2.75) is 6.18 Å². The summed E-state index contributed by atoms with van der Waals surface area (Å²) in [6.45, 7) is 1.08. The van der Waals surface area contributed by atoms with Crippen molar-refractivity contribution in [1.29, 1.82) is 0 Å². The first-order chi connectivity index (χ1) is 13.3. The predicted molar refractivity (Wildman–Crippen MR) is 96.9 cm³/mol. The third-order valence-electron chi connectivity index (χ3n) is 4.56. The van der Waals surface area contributed by atoms with Crippen LogP contribution in [0.2, 0.25) is 0 Å². The first-order valence-electron chi connectivity index (χ1n) is 8.63. The molecule has 0 saturated carbocycles. The van der Waals surface area contributed by atoms with Gasteiger partial charge < -0.3 is 19.3 Å².